The predicted octanol–water partition coefficient (Wildman–Crippen LogP) is 3.27. The second-order valence-corrected chi connectivity index (χ2v) is 7.05. The predicted molar refractivity (Wildman–Crippen MR) is 100.0 cm³/mol. The van der Waals surface area contributed by atoms with Gasteiger partial charge in [0.15, 0.2) is 11.5 Å². The fraction of sp³-hybridized carbons (Fsp3) is 0.421. The summed E-state index contributed by atoms with van der Waals surface area (Å²) < 4.78 is 48.0. The number of likely N-dealkylation sites (tertiary alicyclic amines) is 1. The SMILES string of the molecule is CCc1noc(-c2cn(C3CCN(C(=O)c4cccc(OC(F)(F)F)c4)CC3)nn2)n1. The van der Waals surface area contributed by atoms with Crippen LogP contribution in [0.4, 0.5) is 13.2 Å². The van der Waals surface area contributed by atoms with Gasteiger partial charge in [0.25, 0.3) is 11.8 Å². The summed E-state index contributed by atoms with van der Waals surface area (Å²) in [6.07, 6.45) is -1.19. The van der Waals surface area contributed by atoms with E-state index >= 15 is 0 Å². The topological polar surface area (TPSA) is 99.2 Å². The number of halogens is 3. The Morgan fingerprint density at radius 1 is 1.29 bits per heavy atom. The molecule has 0 spiro atoms. The highest BCUT2D eigenvalue weighted by Crippen LogP contribution is 2.27. The first-order valence-corrected chi connectivity index (χ1v) is 9.72. The summed E-state index contributed by atoms with van der Waals surface area (Å²) in [5, 5.41) is 12.1. The minimum atomic E-state index is -4.81. The Morgan fingerprint density at radius 3 is 2.74 bits per heavy atom. The number of nitrogens with zero attached hydrogens (tertiary/aromatic N) is 6. The van der Waals surface area contributed by atoms with Gasteiger partial charge in [0.1, 0.15) is 5.75 Å². The van der Waals surface area contributed by atoms with Crippen LogP contribution in [0.15, 0.2) is 35.0 Å². The van der Waals surface area contributed by atoms with Gasteiger partial charge in [-0.25, -0.2) is 4.68 Å². The van der Waals surface area contributed by atoms with Crippen molar-refractivity contribution in [1.29, 1.82) is 0 Å². The molecule has 1 aromatic carbocycles. The van der Waals surface area contributed by atoms with E-state index in [0.29, 0.717) is 49.8 Å². The molecule has 164 valence electrons. The average Bonchev–Trinajstić information content (AvgIpc) is 3.42. The first-order chi connectivity index (χ1) is 14.8. The third-order valence-corrected chi connectivity index (χ3v) is 4.95. The van der Waals surface area contributed by atoms with E-state index in [-0.39, 0.29) is 17.5 Å². The number of piperidine rings is 1. The number of aromatic nitrogens is 5. The Kier molecular flexibility index (Phi) is 5.61. The van der Waals surface area contributed by atoms with Crippen molar-refractivity contribution in [1.82, 2.24) is 30.0 Å². The minimum absolute atomic E-state index is 0.0266. The molecule has 2 aromatic heterocycles. The van der Waals surface area contributed by atoms with Gasteiger partial charge in [-0.2, -0.15) is 4.98 Å². The zero-order valence-corrected chi connectivity index (χ0v) is 16.5. The highest BCUT2D eigenvalue weighted by Gasteiger charge is 2.32. The highest BCUT2D eigenvalue weighted by atomic mass is 19.4. The number of ether oxygens (including phenoxy) is 1. The van der Waals surface area contributed by atoms with E-state index in [1.54, 1.807) is 15.8 Å². The number of carbonyl (C=O) groups is 1. The Morgan fingerprint density at radius 2 is 2.06 bits per heavy atom. The molecule has 0 atom stereocenters. The normalized spacial score (nSPS) is 15.3. The molecule has 0 radical (unpaired) electrons. The number of alkyl halides is 3. The average molecular weight is 436 g/mol. The van der Waals surface area contributed by atoms with Gasteiger partial charge in [-0.1, -0.05) is 23.4 Å². The number of amides is 1. The molecular formula is C19H19F3N6O3. The lowest BCUT2D eigenvalue weighted by molar-refractivity contribution is -0.274. The Balaban J connectivity index is 1.38. The van der Waals surface area contributed by atoms with Gasteiger partial charge >= 0.3 is 6.36 Å². The van der Waals surface area contributed by atoms with Crippen LogP contribution in [0.5, 0.6) is 5.75 Å². The second kappa shape index (κ2) is 8.36. The number of aryl methyl sites for hydroxylation is 1. The molecule has 0 unspecified atom stereocenters. The lowest BCUT2D eigenvalue weighted by Gasteiger charge is -2.32. The first-order valence-electron chi connectivity index (χ1n) is 9.72. The van der Waals surface area contributed by atoms with E-state index < -0.39 is 12.1 Å². The molecule has 1 fully saturated rings. The van der Waals surface area contributed by atoms with Crippen LogP contribution < -0.4 is 4.74 Å². The van der Waals surface area contributed by atoms with Crippen LogP contribution in [0.25, 0.3) is 11.6 Å². The third-order valence-electron chi connectivity index (χ3n) is 4.95. The fourth-order valence-corrected chi connectivity index (χ4v) is 3.40. The van der Waals surface area contributed by atoms with E-state index in [2.05, 4.69) is 25.2 Å². The smallest absolute Gasteiger partial charge is 0.406 e. The lowest BCUT2D eigenvalue weighted by Crippen LogP contribution is -2.39. The van der Waals surface area contributed by atoms with Crippen LogP contribution in [-0.4, -0.2) is 55.4 Å². The molecule has 31 heavy (non-hydrogen) atoms. The maximum Gasteiger partial charge on any atom is 0.573 e. The molecule has 1 aliphatic rings. The van der Waals surface area contributed by atoms with Crippen molar-refractivity contribution >= 4 is 5.91 Å². The molecule has 4 rings (SSSR count). The van der Waals surface area contributed by atoms with Crippen LogP contribution in [0.3, 0.4) is 0 Å². The van der Waals surface area contributed by atoms with E-state index in [9.17, 15) is 18.0 Å². The van der Waals surface area contributed by atoms with E-state index in [4.69, 9.17) is 4.52 Å². The van der Waals surface area contributed by atoms with Gasteiger partial charge in [0.2, 0.25) is 0 Å². The summed E-state index contributed by atoms with van der Waals surface area (Å²) >= 11 is 0. The van der Waals surface area contributed by atoms with E-state index in [1.807, 2.05) is 6.92 Å². The molecule has 0 saturated carbocycles. The zero-order chi connectivity index (χ0) is 22.0. The second-order valence-electron chi connectivity index (χ2n) is 7.05. The number of benzene rings is 1. The Hall–Kier alpha value is -3.44. The highest BCUT2D eigenvalue weighted by molar-refractivity contribution is 5.94. The monoisotopic (exact) mass is 436 g/mol. The quantitative estimate of drug-likeness (QED) is 0.605. The van der Waals surface area contributed by atoms with Crippen molar-refractivity contribution in [2.75, 3.05) is 13.1 Å². The number of rotatable bonds is 5. The van der Waals surface area contributed by atoms with Crippen molar-refractivity contribution in [3.63, 3.8) is 0 Å². The molecule has 0 bridgehead atoms. The lowest BCUT2D eigenvalue weighted by atomic mass is 10.0. The first kappa shape index (κ1) is 20.8. The molecule has 1 saturated heterocycles. The maximum atomic E-state index is 12.7. The van der Waals surface area contributed by atoms with Gasteiger partial charge in [-0.3, -0.25) is 4.79 Å². The molecule has 1 amide bonds. The molecule has 1 aliphatic heterocycles. The maximum absolute atomic E-state index is 12.7. The molecular weight excluding hydrogens is 417 g/mol. The van der Waals surface area contributed by atoms with Crippen LogP contribution in [0.2, 0.25) is 0 Å². The van der Waals surface area contributed by atoms with Gasteiger partial charge in [0.05, 0.1) is 12.2 Å². The summed E-state index contributed by atoms with van der Waals surface area (Å²) in [6, 6.07) is 5.11. The van der Waals surface area contributed by atoms with Crippen LogP contribution >= 0.6 is 0 Å². The van der Waals surface area contributed by atoms with Crippen molar-refractivity contribution in [3.05, 3.63) is 41.9 Å². The summed E-state index contributed by atoms with van der Waals surface area (Å²) in [5.41, 5.74) is 0.624. The zero-order valence-electron chi connectivity index (χ0n) is 16.5. The summed E-state index contributed by atoms with van der Waals surface area (Å²) in [6.45, 7) is 2.79. The largest absolute Gasteiger partial charge is 0.573 e. The van der Waals surface area contributed by atoms with Crippen molar-refractivity contribution in [2.24, 2.45) is 0 Å². The molecule has 9 nitrogen and oxygen atoms in total. The van der Waals surface area contributed by atoms with Gasteiger partial charge in [-0.15, -0.1) is 18.3 Å². The third kappa shape index (κ3) is 4.84. The molecule has 3 aromatic rings. The van der Waals surface area contributed by atoms with Gasteiger partial charge in [-0.05, 0) is 31.0 Å². The fourth-order valence-electron chi connectivity index (χ4n) is 3.40. The van der Waals surface area contributed by atoms with E-state index in [1.165, 1.54) is 12.1 Å². The summed E-state index contributed by atoms with van der Waals surface area (Å²) in [4.78, 5) is 18.5. The van der Waals surface area contributed by atoms with Crippen molar-refractivity contribution in [3.8, 4) is 17.3 Å². The van der Waals surface area contributed by atoms with Crippen molar-refractivity contribution in [2.45, 2.75) is 38.6 Å². The van der Waals surface area contributed by atoms with Crippen LogP contribution in [0.1, 0.15) is 42.0 Å². The minimum Gasteiger partial charge on any atom is -0.406 e. The summed E-state index contributed by atoms with van der Waals surface area (Å²) in [7, 11) is 0. The Labute approximate surface area is 174 Å². The number of hydrogen-bond donors (Lipinski definition) is 0. The molecule has 12 heteroatoms. The van der Waals surface area contributed by atoms with Gasteiger partial charge in [0, 0.05) is 25.1 Å². The van der Waals surface area contributed by atoms with Crippen molar-refractivity contribution < 1.29 is 27.2 Å². The molecule has 0 aliphatic carbocycles. The number of hydrogen-bond acceptors (Lipinski definition) is 7. The standard InChI is InChI=1S/C19H19F3N6O3/c1-2-16-23-17(31-25-16)15-11-28(26-24-15)13-6-8-27(9-7-13)18(29)12-4-3-5-14(10-12)30-19(20,21)22/h3-5,10-11,13H,2,6-9H2,1H3. The molecule has 0 N–H and O–H groups in total. The Bertz CT molecular complexity index is 1060. The molecule has 3 heterocycles. The van der Waals surface area contributed by atoms with E-state index in [0.717, 1.165) is 12.1 Å². The number of carbonyl (C=O) groups excluding carboxylic acids is 1. The van der Waals surface area contributed by atoms with Gasteiger partial charge < -0.3 is 14.2 Å². The summed E-state index contributed by atoms with van der Waals surface area (Å²) in [5.74, 6) is 0.122. The van der Waals surface area contributed by atoms with Crippen LogP contribution in [-0.2, 0) is 6.42 Å². The van der Waals surface area contributed by atoms with Crippen LogP contribution in [0, 0.1) is 0 Å².